The molecule has 0 spiro atoms. The molecule has 3 aliphatic rings. The van der Waals surface area contributed by atoms with E-state index in [0.29, 0.717) is 24.3 Å². The van der Waals surface area contributed by atoms with E-state index in [9.17, 15) is 19.2 Å². The Hall–Kier alpha value is -2.94. The van der Waals surface area contributed by atoms with Gasteiger partial charge < -0.3 is 19.6 Å². The number of aliphatic carboxylic acids is 1. The molecule has 9 heteroatoms. The number of ether oxygens (including phenoxy) is 1. The molecule has 0 bridgehead atoms. The minimum absolute atomic E-state index is 0.00247. The van der Waals surface area contributed by atoms with Gasteiger partial charge in [0, 0.05) is 37.2 Å². The summed E-state index contributed by atoms with van der Waals surface area (Å²) in [5.41, 5.74) is 1.32. The molecule has 2 saturated heterocycles. The first kappa shape index (κ1) is 20.3. The largest absolute Gasteiger partial charge is 0.490 e. The number of nitrogens with zero attached hydrogens (tertiary/aromatic N) is 2. The molecular weight excluding hydrogens is 390 g/mol. The van der Waals surface area contributed by atoms with Crippen LogP contribution in [0.3, 0.4) is 0 Å². The van der Waals surface area contributed by atoms with E-state index in [2.05, 4.69) is 10.2 Å². The minimum atomic E-state index is -0.793. The predicted octanol–water partition coefficient (Wildman–Crippen LogP) is 0.765. The molecule has 1 unspecified atom stereocenters. The zero-order chi connectivity index (χ0) is 21.3. The number of carboxylic acids is 1. The molecule has 0 aromatic heterocycles. The van der Waals surface area contributed by atoms with E-state index in [1.807, 2.05) is 6.07 Å². The average molecular weight is 415 g/mol. The number of piperidine rings is 2. The quantitative estimate of drug-likeness (QED) is 0.659. The van der Waals surface area contributed by atoms with Crippen LogP contribution in [-0.4, -0.2) is 70.4 Å². The summed E-state index contributed by atoms with van der Waals surface area (Å²) in [6.45, 7) is 2.37. The van der Waals surface area contributed by atoms with Crippen molar-refractivity contribution in [3.8, 4) is 5.75 Å². The predicted molar refractivity (Wildman–Crippen MR) is 105 cm³/mol. The lowest BCUT2D eigenvalue weighted by atomic mass is 10.0. The number of carbonyl (C=O) groups is 4. The number of rotatable bonds is 6. The van der Waals surface area contributed by atoms with Gasteiger partial charge in [-0.25, -0.2) is 0 Å². The SMILES string of the molecule is O=C(O)CCN1CCC(Oc2cccc3c2CN(C2CCC(=O)NC2=O)C3=O)CC1. The zero-order valence-electron chi connectivity index (χ0n) is 16.6. The average Bonchev–Trinajstić information content (AvgIpc) is 3.05. The van der Waals surface area contributed by atoms with Crippen LogP contribution in [0.2, 0.25) is 0 Å². The number of likely N-dealkylation sites (tertiary alicyclic amines) is 1. The summed E-state index contributed by atoms with van der Waals surface area (Å²) in [5, 5.41) is 11.1. The van der Waals surface area contributed by atoms with Gasteiger partial charge in [-0.1, -0.05) is 6.07 Å². The van der Waals surface area contributed by atoms with E-state index in [0.717, 1.165) is 31.5 Å². The fourth-order valence-corrected chi connectivity index (χ4v) is 4.35. The van der Waals surface area contributed by atoms with Gasteiger partial charge in [0.25, 0.3) is 5.91 Å². The second kappa shape index (κ2) is 8.43. The summed E-state index contributed by atoms with van der Waals surface area (Å²) >= 11 is 0. The first-order chi connectivity index (χ1) is 14.4. The summed E-state index contributed by atoms with van der Waals surface area (Å²) in [4.78, 5) is 50.9. The van der Waals surface area contributed by atoms with Crippen molar-refractivity contribution < 1.29 is 29.0 Å². The van der Waals surface area contributed by atoms with Crippen LogP contribution in [-0.2, 0) is 20.9 Å². The van der Waals surface area contributed by atoms with E-state index in [1.54, 1.807) is 12.1 Å². The summed E-state index contributed by atoms with van der Waals surface area (Å²) < 4.78 is 6.22. The van der Waals surface area contributed by atoms with Crippen molar-refractivity contribution in [3.63, 3.8) is 0 Å². The zero-order valence-corrected chi connectivity index (χ0v) is 16.6. The van der Waals surface area contributed by atoms with Gasteiger partial charge in [-0.15, -0.1) is 0 Å². The number of amides is 3. The summed E-state index contributed by atoms with van der Waals surface area (Å²) in [7, 11) is 0. The number of fused-ring (bicyclic) bond motifs is 1. The fourth-order valence-electron chi connectivity index (χ4n) is 4.35. The van der Waals surface area contributed by atoms with E-state index < -0.39 is 17.9 Å². The Morgan fingerprint density at radius 2 is 1.93 bits per heavy atom. The molecule has 2 fully saturated rings. The highest BCUT2D eigenvalue weighted by molar-refractivity contribution is 6.05. The molecule has 9 nitrogen and oxygen atoms in total. The molecule has 4 rings (SSSR count). The van der Waals surface area contributed by atoms with Crippen LogP contribution in [0.4, 0.5) is 0 Å². The molecule has 30 heavy (non-hydrogen) atoms. The Kier molecular flexibility index (Phi) is 5.72. The Labute approximate surface area is 174 Å². The molecular formula is C21H25N3O6. The van der Waals surface area contributed by atoms with Crippen molar-refractivity contribution in [1.29, 1.82) is 0 Å². The van der Waals surface area contributed by atoms with Crippen LogP contribution < -0.4 is 10.1 Å². The number of carboxylic acid groups (broad SMARTS) is 1. The first-order valence-electron chi connectivity index (χ1n) is 10.3. The normalized spacial score (nSPS) is 22.7. The highest BCUT2D eigenvalue weighted by Crippen LogP contribution is 2.34. The molecule has 1 aromatic rings. The van der Waals surface area contributed by atoms with Crippen molar-refractivity contribution in [2.75, 3.05) is 19.6 Å². The molecule has 0 saturated carbocycles. The van der Waals surface area contributed by atoms with Crippen molar-refractivity contribution in [1.82, 2.24) is 15.1 Å². The fraction of sp³-hybridized carbons (Fsp3) is 0.524. The summed E-state index contributed by atoms with van der Waals surface area (Å²) in [6, 6.07) is 4.72. The Morgan fingerprint density at radius 3 is 2.63 bits per heavy atom. The molecule has 3 heterocycles. The van der Waals surface area contributed by atoms with Crippen LogP contribution in [0.5, 0.6) is 5.75 Å². The highest BCUT2D eigenvalue weighted by Gasteiger charge is 2.40. The maximum absolute atomic E-state index is 12.9. The smallest absolute Gasteiger partial charge is 0.304 e. The Bertz CT molecular complexity index is 877. The third-order valence-electron chi connectivity index (χ3n) is 6.01. The van der Waals surface area contributed by atoms with E-state index in [-0.39, 0.29) is 37.3 Å². The maximum Gasteiger partial charge on any atom is 0.304 e. The number of carbonyl (C=O) groups excluding carboxylic acids is 3. The van der Waals surface area contributed by atoms with Crippen molar-refractivity contribution in [2.24, 2.45) is 0 Å². The van der Waals surface area contributed by atoms with Gasteiger partial charge >= 0.3 is 5.97 Å². The van der Waals surface area contributed by atoms with Gasteiger partial charge in [-0.05, 0) is 31.4 Å². The third-order valence-corrected chi connectivity index (χ3v) is 6.01. The van der Waals surface area contributed by atoms with Crippen LogP contribution in [0.25, 0.3) is 0 Å². The van der Waals surface area contributed by atoms with Gasteiger partial charge in [-0.2, -0.15) is 0 Å². The second-order valence-electron chi connectivity index (χ2n) is 7.98. The maximum atomic E-state index is 12.9. The number of hydrogen-bond donors (Lipinski definition) is 2. The lowest BCUT2D eigenvalue weighted by Crippen LogP contribution is -2.52. The van der Waals surface area contributed by atoms with Crippen LogP contribution in [0.1, 0.15) is 48.0 Å². The van der Waals surface area contributed by atoms with Gasteiger partial charge in [0.1, 0.15) is 17.9 Å². The van der Waals surface area contributed by atoms with Gasteiger partial charge in [0.05, 0.1) is 13.0 Å². The topological polar surface area (TPSA) is 116 Å². The first-order valence-corrected chi connectivity index (χ1v) is 10.3. The van der Waals surface area contributed by atoms with Crippen LogP contribution >= 0.6 is 0 Å². The number of hydrogen-bond acceptors (Lipinski definition) is 6. The van der Waals surface area contributed by atoms with Crippen molar-refractivity contribution in [2.45, 2.75) is 50.8 Å². The van der Waals surface area contributed by atoms with Gasteiger partial charge in [0.15, 0.2) is 0 Å². The molecule has 1 aromatic carbocycles. The number of nitrogens with one attached hydrogen (secondary N) is 1. The van der Waals surface area contributed by atoms with Crippen LogP contribution in [0, 0.1) is 0 Å². The van der Waals surface area contributed by atoms with E-state index in [4.69, 9.17) is 9.84 Å². The van der Waals surface area contributed by atoms with E-state index in [1.165, 1.54) is 4.90 Å². The molecule has 0 aliphatic carbocycles. The molecule has 3 amide bonds. The molecule has 2 N–H and O–H groups in total. The molecule has 0 radical (unpaired) electrons. The Balaban J connectivity index is 1.40. The summed E-state index contributed by atoms with van der Waals surface area (Å²) in [6.07, 6.45) is 2.26. The molecule has 1 atom stereocenters. The van der Waals surface area contributed by atoms with Gasteiger partial charge in [0.2, 0.25) is 11.8 Å². The minimum Gasteiger partial charge on any atom is -0.490 e. The lowest BCUT2D eigenvalue weighted by Gasteiger charge is -2.32. The Morgan fingerprint density at radius 1 is 1.17 bits per heavy atom. The van der Waals surface area contributed by atoms with Crippen molar-refractivity contribution in [3.05, 3.63) is 29.3 Å². The molecule has 160 valence electrons. The lowest BCUT2D eigenvalue weighted by molar-refractivity contribution is -0.138. The highest BCUT2D eigenvalue weighted by atomic mass is 16.5. The van der Waals surface area contributed by atoms with Crippen LogP contribution in [0.15, 0.2) is 18.2 Å². The van der Waals surface area contributed by atoms with Crippen molar-refractivity contribution >= 4 is 23.7 Å². The number of imide groups is 1. The summed E-state index contributed by atoms with van der Waals surface area (Å²) in [5.74, 6) is -1.09. The third kappa shape index (κ3) is 4.16. The van der Waals surface area contributed by atoms with Gasteiger partial charge in [-0.3, -0.25) is 24.5 Å². The standard InChI is InChI=1S/C21H25N3O6/c25-18-5-4-16(20(28)22-18)24-12-15-14(21(24)29)2-1-3-17(15)30-13-6-9-23(10-7-13)11-8-19(26)27/h1-3,13,16H,4-12H2,(H,26,27)(H,22,25,28). The van der Waals surface area contributed by atoms with E-state index >= 15 is 0 Å². The monoisotopic (exact) mass is 415 g/mol. The second-order valence-corrected chi connectivity index (χ2v) is 7.98. The number of benzene rings is 1. The molecule has 3 aliphatic heterocycles.